The summed E-state index contributed by atoms with van der Waals surface area (Å²) in [7, 11) is 0. The van der Waals surface area contributed by atoms with E-state index in [4.69, 9.17) is 4.42 Å². The number of hydrogen-bond donors (Lipinski definition) is 0. The highest BCUT2D eigenvalue weighted by Gasteiger charge is 2.15. The van der Waals surface area contributed by atoms with Gasteiger partial charge >= 0.3 is 0 Å². The first-order valence-corrected chi connectivity index (χ1v) is 7.74. The van der Waals surface area contributed by atoms with Gasteiger partial charge in [-0.25, -0.2) is 0 Å². The van der Waals surface area contributed by atoms with Crippen LogP contribution in [0.15, 0.2) is 71.1 Å². The van der Waals surface area contributed by atoms with Gasteiger partial charge in [-0.05, 0) is 34.7 Å². The van der Waals surface area contributed by atoms with Crippen molar-refractivity contribution in [1.29, 1.82) is 0 Å². The molecule has 4 rings (SSSR count). The maximum absolute atomic E-state index is 6.11. The van der Waals surface area contributed by atoms with Crippen LogP contribution in [-0.4, -0.2) is 0 Å². The molecule has 0 N–H and O–H groups in total. The second-order valence-corrected chi connectivity index (χ2v) is 6.06. The molecule has 0 amide bonds. The predicted molar refractivity (Wildman–Crippen MR) is 93.2 cm³/mol. The lowest BCUT2D eigenvalue weighted by atomic mass is 9.93. The summed E-state index contributed by atoms with van der Waals surface area (Å²) < 4.78 is 6.11. The van der Waals surface area contributed by atoms with Crippen LogP contribution in [0.3, 0.4) is 0 Å². The summed E-state index contributed by atoms with van der Waals surface area (Å²) in [5.74, 6) is 0.451. The first kappa shape index (κ1) is 13.1. The lowest BCUT2D eigenvalue weighted by Gasteiger charge is -2.10. The van der Waals surface area contributed by atoms with E-state index in [1.807, 2.05) is 18.2 Å². The van der Waals surface area contributed by atoms with Crippen LogP contribution in [-0.2, 0) is 0 Å². The lowest BCUT2D eigenvalue weighted by molar-refractivity contribution is 0.668. The fraction of sp³-hybridized carbons (Fsp3) is 0.143. The zero-order chi connectivity index (χ0) is 15.1. The zero-order valence-electron chi connectivity index (χ0n) is 12.8. The third-order valence-electron chi connectivity index (χ3n) is 4.24. The molecule has 0 aliphatic heterocycles. The standard InChI is InChI=1S/C21H18O/c1-14(2)18-12-16(15-8-4-3-5-9-15)13-20-21(18)17-10-6-7-11-19(17)22-20/h3-14H,1-2H3. The molecule has 0 saturated heterocycles. The molecule has 1 heterocycles. The van der Waals surface area contributed by atoms with Gasteiger partial charge in [0.05, 0.1) is 0 Å². The molecule has 0 atom stereocenters. The summed E-state index contributed by atoms with van der Waals surface area (Å²) in [6.07, 6.45) is 0. The highest BCUT2D eigenvalue weighted by molar-refractivity contribution is 6.08. The Kier molecular flexibility index (Phi) is 3.00. The minimum atomic E-state index is 0.451. The van der Waals surface area contributed by atoms with Gasteiger partial charge in [0.1, 0.15) is 11.2 Å². The largest absolute Gasteiger partial charge is 0.456 e. The van der Waals surface area contributed by atoms with Crippen molar-refractivity contribution in [2.24, 2.45) is 0 Å². The van der Waals surface area contributed by atoms with Crippen molar-refractivity contribution >= 4 is 21.9 Å². The molecule has 3 aromatic carbocycles. The third kappa shape index (κ3) is 2.01. The lowest BCUT2D eigenvalue weighted by Crippen LogP contribution is -1.90. The summed E-state index contributed by atoms with van der Waals surface area (Å²) in [5, 5.41) is 2.46. The van der Waals surface area contributed by atoms with Crippen LogP contribution < -0.4 is 0 Å². The predicted octanol–water partition coefficient (Wildman–Crippen LogP) is 6.38. The molecule has 1 heteroatoms. The van der Waals surface area contributed by atoms with E-state index in [9.17, 15) is 0 Å². The Morgan fingerprint density at radius 3 is 2.23 bits per heavy atom. The second kappa shape index (κ2) is 5.03. The molecule has 0 aliphatic rings. The number of para-hydroxylation sites is 1. The number of fused-ring (bicyclic) bond motifs is 3. The zero-order valence-corrected chi connectivity index (χ0v) is 12.8. The van der Waals surface area contributed by atoms with E-state index < -0.39 is 0 Å². The van der Waals surface area contributed by atoms with Crippen molar-refractivity contribution in [2.45, 2.75) is 19.8 Å². The van der Waals surface area contributed by atoms with E-state index in [1.165, 1.54) is 27.5 Å². The molecule has 1 aromatic heterocycles. The van der Waals surface area contributed by atoms with Crippen LogP contribution in [0.4, 0.5) is 0 Å². The quantitative estimate of drug-likeness (QED) is 0.417. The Morgan fingerprint density at radius 2 is 1.45 bits per heavy atom. The van der Waals surface area contributed by atoms with Crippen molar-refractivity contribution in [3.63, 3.8) is 0 Å². The van der Waals surface area contributed by atoms with Gasteiger partial charge in [-0.1, -0.05) is 68.4 Å². The second-order valence-electron chi connectivity index (χ2n) is 6.06. The Labute approximate surface area is 130 Å². The van der Waals surface area contributed by atoms with E-state index in [0.29, 0.717) is 5.92 Å². The smallest absolute Gasteiger partial charge is 0.136 e. The Balaban J connectivity index is 2.09. The molecule has 22 heavy (non-hydrogen) atoms. The van der Waals surface area contributed by atoms with E-state index in [2.05, 4.69) is 62.4 Å². The average Bonchev–Trinajstić information content (AvgIpc) is 2.93. The molecule has 108 valence electrons. The molecule has 0 saturated carbocycles. The third-order valence-corrected chi connectivity index (χ3v) is 4.24. The minimum absolute atomic E-state index is 0.451. The van der Waals surface area contributed by atoms with Gasteiger partial charge in [0, 0.05) is 10.8 Å². The van der Waals surface area contributed by atoms with Crippen LogP contribution in [0.25, 0.3) is 33.1 Å². The maximum Gasteiger partial charge on any atom is 0.136 e. The number of benzene rings is 3. The Hall–Kier alpha value is -2.54. The van der Waals surface area contributed by atoms with Crippen molar-refractivity contribution in [2.75, 3.05) is 0 Å². The van der Waals surface area contributed by atoms with Crippen LogP contribution in [0.2, 0.25) is 0 Å². The molecule has 0 bridgehead atoms. The molecule has 0 spiro atoms. The van der Waals surface area contributed by atoms with Crippen LogP contribution in [0.5, 0.6) is 0 Å². The van der Waals surface area contributed by atoms with E-state index in [-0.39, 0.29) is 0 Å². The SMILES string of the molecule is CC(C)c1cc(-c2ccccc2)cc2oc3ccccc3c12. The van der Waals surface area contributed by atoms with Gasteiger partial charge in [-0.3, -0.25) is 0 Å². The van der Waals surface area contributed by atoms with Crippen LogP contribution in [0, 0.1) is 0 Å². The van der Waals surface area contributed by atoms with Gasteiger partial charge in [0.15, 0.2) is 0 Å². The summed E-state index contributed by atoms with van der Waals surface area (Å²) in [6, 6.07) is 23.3. The van der Waals surface area contributed by atoms with Crippen LogP contribution in [0.1, 0.15) is 25.3 Å². The summed E-state index contributed by atoms with van der Waals surface area (Å²) in [4.78, 5) is 0. The van der Waals surface area contributed by atoms with Crippen LogP contribution >= 0.6 is 0 Å². The monoisotopic (exact) mass is 286 g/mol. The van der Waals surface area contributed by atoms with Gasteiger partial charge in [-0.15, -0.1) is 0 Å². The van der Waals surface area contributed by atoms with E-state index in [1.54, 1.807) is 0 Å². The molecule has 0 unspecified atom stereocenters. The fourth-order valence-corrected chi connectivity index (χ4v) is 3.14. The maximum atomic E-state index is 6.11. The Morgan fingerprint density at radius 1 is 0.727 bits per heavy atom. The van der Waals surface area contributed by atoms with Gasteiger partial charge in [-0.2, -0.15) is 0 Å². The summed E-state index contributed by atoms with van der Waals surface area (Å²) >= 11 is 0. The summed E-state index contributed by atoms with van der Waals surface area (Å²) in [5.41, 5.74) is 5.74. The number of furan rings is 1. The van der Waals surface area contributed by atoms with Crippen molar-refractivity contribution in [1.82, 2.24) is 0 Å². The molecule has 0 radical (unpaired) electrons. The minimum Gasteiger partial charge on any atom is -0.456 e. The molecular formula is C21H18O. The molecule has 1 nitrogen and oxygen atoms in total. The normalized spacial score (nSPS) is 11.6. The first-order valence-electron chi connectivity index (χ1n) is 7.74. The molecular weight excluding hydrogens is 268 g/mol. The highest BCUT2D eigenvalue weighted by atomic mass is 16.3. The van der Waals surface area contributed by atoms with E-state index >= 15 is 0 Å². The van der Waals surface area contributed by atoms with Gasteiger partial charge in [0.25, 0.3) is 0 Å². The number of rotatable bonds is 2. The van der Waals surface area contributed by atoms with Crippen molar-refractivity contribution in [3.8, 4) is 11.1 Å². The van der Waals surface area contributed by atoms with Crippen molar-refractivity contribution in [3.05, 3.63) is 72.3 Å². The van der Waals surface area contributed by atoms with Crippen molar-refractivity contribution < 1.29 is 4.42 Å². The van der Waals surface area contributed by atoms with Gasteiger partial charge < -0.3 is 4.42 Å². The molecule has 0 aliphatic carbocycles. The molecule has 4 aromatic rings. The van der Waals surface area contributed by atoms with Gasteiger partial charge in [0.2, 0.25) is 0 Å². The number of hydrogen-bond acceptors (Lipinski definition) is 1. The first-order chi connectivity index (χ1) is 10.7. The highest BCUT2D eigenvalue weighted by Crippen LogP contribution is 2.37. The topological polar surface area (TPSA) is 13.1 Å². The average molecular weight is 286 g/mol. The Bertz CT molecular complexity index is 946. The van der Waals surface area contributed by atoms with E-state index in [0.717, 1.165) is 11.2 Å². The summed E-state index contributed by atoms with van der Waals surface area (Å²) in [6.45, 7) is 4.48. The fourth-order valence-electron chi connectivity index (χ4n) is 3.14. The molecule has 0 fully saturated rings.